The molecule has 0 heterocycles. The van der Waals surface area contributed by atoms with Gasteiger partial charge < -0.3 is 9.84 Å². The van der Waals surface area contributed by atoms with Crippen LogP contribution in [-0.2, 0) is 6.61 Å². The third-order valence-corrected chi connectivity index (χ3v) is 2.46. The van der Waals surface area contributed by atoms with E-state index in [4.69, 9.17) is 15.1 Å². The van der Waals surface area contributed by atoms with Crippen molar-refractivity contribution in [3.8, 4) is 17.6 Å². The van der Waals surface area contributed by atoms with Crippen LogP contribution in [0.1, 0.15) is 11.1 Å². The number of rotatable bonds is 3. The molecule has 0 aliphatic carbocycles. The molecule has 0 aliphatic heterocycles. The van der Waals surface area contributed by atoms with E-state index in [9.17, 15) is 8.78 Å². The summed E-state index contributed by atoms with van der Waals surface area (Å²) in [6.07, 6.45) is 0. The second-order valence-electron chi connectivity index (χ2n) is 3.78. The Morgan fingerprint density at radius 3 is 2.58 bits per heavy atom. The number of hydrogen-bond donors (Lipinski definition) is 1. The van der Waals surface area contributed by atoms with Gasteiger partial charge in [0.05, 0.1) is 12.2 Å². The predicted molar refractivity (Wildman–Crippen MR) is 63.5 cm³/mol. The standard InChI is InChI=1S/C14H9F2NO2/c15-11-2-3-12(16)14(6-11)19-13-4-1-9(8-18)5-10(13)7-17/h1-6,18H,8H2. The van der Waals surface area contributed by atoms with Crippen LogP contribution in [0.15, 0.2) is 36.4 Å². The Balaban J connectivity index is 2.38. The van der Waals surface area contributed by atoms with E-state index in [1.165, 1.54) is 18.2 Å². The quantitative estimate of drug-likeness (QED) is 0.923. The first-order chi connectivity index (χ1) is 9.13. The Labute approximate surface area is 108 Å². The first-order valence-corrected chi connectivity index (χ1v) is 5.41. The summed E-state index contributed by atoms with van der Waals surface area (Å²) in [5.41, 5.74) is 0.666. The zero-order chi connectivity index (χ0) is 13.8. The summed E-state index contributed by atoms with van der Waals surface area (Å²) in [4.78, 5) is 0. The van der Waals surface area contributed by atoms with E-state index in [0.717, 1.165) is 18.2 Å². The maximum absolute atomic E-state index is 13.4. The van der Waals surface area contributed by atoms with Crippen molar-refractivity contribution in [1.82, 2.24) is 0 Å². The molecule has 2 aromatic rings. The number of ether oxygens (including phenoxy) is 1. The van der Waals surface area contributed by atoms with Gasteiger partial charge in [0.25, 0.3) is 0 Å². The summed E-state index contributed by atoms with van der Waals surface area (Å²) in [5, 5.41) is 17.9. The summed E-state index contributed by atoms with van der Waals surface area (Å²) >= 11 is 0. The molecule has 2 rings (SSSR count). The Morgan fingerprint density at radius 2 is 1.89 bits per heavy atom. The molecule has 0 spiro atoms. The van der Waals surface area contributed by atoms with Crippen molar-refractivity contribution in [1.29, 1.82) is 5.26 Å². The molecular formula is C14H9F2NO2. The molecule has 0 fully saturated rings. The zero-order valence-corrected chi connectivity index (χ0v) is 9.73. The number of halogens is 2. The number of hydrogen-bond acceptors (Lipinski definition) is 3. The molecular weight excluding hydrogens is 252 g/mol. The number of nitrogens with zero attached hydrogens (tertiary/aromatic N) is 1. The van der Waals surface area contributed by atoms with E-state index in [0.29, 0.717) is 5.56 Å². The first-order valence-electron chi connectivity index (χ1n) is 5.41. The van der Waals surface area contributed by atoms with Crippen LogP contribution >= 0.6 is 0 Å². The highest BCUT2D eigenvalue weighted by Gasteiger charge is 2.10. The van der Waals surface area contributed by atoms with Crippen LogP contribution in [-0.4, -0.2) is 5.11 Å². The normalized spacial score (nSPS) is 10.0. The fourth-order valence-corrected chi connectivity index (χ4v) is 1.53. The fraction of sp³-hybridized carbons (Fsp3) is 0.0714. The van der Waals surface area contributed by atoms with Gasteiger partial charge >= 0.3 is 0 Å². The lowest BCUT2D eigenvalue weighted by Crippen LogP contribution is -1.94. The van der Waals surface area contributed by atoms with Gasteiger partial charge in [-0.3, -0.25) is 0 Å². The molecule has 3 nitrogen and oxygen atoms in total. The number of nitriles is 1. The van der Waals surface area contributed by atoms with Crippen LogP contribution in [0.2, 0.25) is 0 Å². The molecule has 0 amide bonds. The number of aliphatic hydroxyl groups excluding tert-OH is 1. The van der Waals surface area contributed by atoms with Gasteiger partial charge in [-0.15, -0.1) is 0 Å². The molecule has 19 heavy (non-hydrogen) atoms. The van der Waals surface area contributed by atoms with Crippen LogP contribution in [0.4, 0.5) is 8.78 Å². The lowest BCUT2D eigenvalue weighted by molar-refractivity contribution is 0.281. The van der Waals surface area contributed by atoms with Crippen LogP contribution in [0.5, 0.6) is 11.5 Å². The van der Waals surface area contributed by atoms with E-state index < -0.39 is 11.6 Å². The summed E-state index contributed by atoms with van der Waals surface area (Å²) in [7, 11) is 0. The lowest BCUT2D eigenvalue weighted by Gasteiger charge is -2.09. The Kier molecular flexibility index (Phi) is 3.74. The van der Waals surface area contributed by atoms with Gasteiger partial charge in [0.15, 0.2) is 11.6 Å². The van der Waals surface area contributed by atoms with E-state index in [1.54, 1.807) is 0 Å². The van der Waals surface area contributed by atoms with Crippen molar-refractivity contribution < 1.29 is 18.6 Å². The molecule has 0 unspecified atom stereocenters. The average molecular weight is 261 g/mol. The third kappa shape index (κ3) is 2.87. The van der Waals surface area contributed by atoms with E-state index >= 15 is 0 Å². The summed E-state index contributed by atoms with van der Waals surface area (Å²) < 4.78 is 31.6. The minimum Gasteiger partial charge on any atom is -0.453 e. The number of aliphatic hydroxyl groups is 1. The molecule has 0 radical (unpaired) electrons. The van der Waals surface area contributed by atoms with E-state index in [2.05, 4.69) is 0 Å². The number of benzene rings is 2. The minimum atomic E-state index is -0.725. The largest absolute Gasteiger partial charge is 0.453 e. The molecule has 0 aliphatic rings. The van der Waals surface area contributed by atoms with Gasteiger partial charge in [0.2, 0.25) is 0 Å². The van der Waals surface area contributed by atoms with Crippen LogP contribution < -0.4 is 4.74 Å². The summed E-state index contributed by atoms with van der Waals surface area (Å²) in [6.45, 7) is -0.219. The van der Waals surface area contributed by atoms with E-state index in [-0.39, 0.29) is 23.7 Å². The van der Waals surface area contributed by atoms with Gasteiger partial charge in [0, 0.05) is 6.07 Å². The van der Waals surface area contributed by atoms with Crippen molar-refractivity contribution in [2.75, 3.05) is 0 Å². The van der Waals surface area contributed by atoms with Crippen LogP contribution in [0, 0.1) is 23.0 Å². The summed E-state index contributed by atoms with van der Waals surface area (Å²) in [5.74, 6) is -1.56. The Hall–Kier alpha value is -2.45. The molecule has 0 atom stereocenters. The molecule has 1 N–H and O–H groups in total. The minimum absolute atomic E-state index is 0.101. The van der Waals surface area contributed by atoms with Gasteiger partial charge in [-0.25, -0.2) is 8.78 Å². The highest BCUT2D eigenvalue weighted by molar-refractivity contribution is 5.47. The molecule has 5 heteroatoms. The lowest BCUT2D eigenvalue weighted by atomic mass is 10.1. The van der Waals surface area contributed by atoms with Crippen molar-refractivity contribution in [3.63, 3.8) is 0 Å². The van der Waals surface area contributed by atoms with Crippen molar-refractivity contribution in [2.24, 2.45) is 0 Å². The van der Waals surface area contributed by atoms with Gasteiger partial charge in [-0.1, -0.05) is 6.07 Å². The van der Waals surface area contributed by atoms with E-state index in [1.807, 2.05) is 6.07 Å². The van der Waals surface area contributed by atoms with Crippen molar-refractivity contribution in [3.05, 3.63) is 59.2 Å². The molecule has 2 aromatic carbocycles. The maximum Gasteiger partial charge on any atom is 0.166 e. The predicted octanol–water partition coefficient (Wildman–Crippen LogP) is 3.12. The third-order valence-electron chi connectivity index (χ3n) is 2.46. The van der Waals surface area contributed by atoms with Gasteiger partial charge in [0.1, 0.15) is 17.6 Å². The van der Waals surface area contributed by atoms with Crippen LogP contribution in [0.3, 0.4) is 0 Å². The second kappa shape index (κ2) is 5.46. The molecule has 0 aromatic heterocycles. The monoisotopic (exact) mass is 261 g/mol. The van der Waals surface area contributed by atoms with Gasteiger partial charge in [-0.2, -0.15) is 5.26 Å². The molecule has 0 bridgehead atoms. The summed E-state index contributed by atoms with van der Waals surface area (Å²) in [6, 6.07) is 9.07. The molecule has 96 valence electrons. The topological polar surface area (TPSA) is 53.2 Å². The van der Waals surface area contributed by atoms with Crippen LogP contribution in [0.25, 0.3) is 0 Å². The molecule has 0 saturated carbocycles. The Morgan fingerprint density at radius 1 is 1.11 bits per heavy atom. The highest BCUT2D eigenvalue weighted by atomic mass is 19.1. The zero-order valence-electron chi connectivity index (χ0n) is 9.73. The highest BCUT2D eigenvalue weighted by Crippen LogP contribution is 2.28. The maximum atomic E-state index is 13.4. The Bertz CT molecular complexity index is 650. The second-order valence-corrected chi connectivity index (χ2v) is 3.78. The first kappa shape index (κ1) is 13.0. The average Bonchev–Trinajstić information content (AvgIpc) is 2.43. The fourth-order valence-electron chi connectivity index (χ4n) is 1.53. The van der Waals surface area contributed by atoms with Crippen molar-refractivity contribution in [2.45, 2.75) is 6.61 Å². The van der Waals surface area contributed by atoms with Gasteiger partial charge in [-0.05, 0) is 29.8 Å². The SMILES string of the molecule is N#Cc1cc(CO)ccc1Oc1cc(F)ccc1F. The van der Waals surface area contributed by atoms with Crippen molar-refractivity contribution >= 4 is 0 Å². The molecule has 0 saturated heterocycles. The smallest absolute Gasteiger partial charge is 0.166 e.